The van der Waals surface area contributed by atoms with Gasteiger partial charge in [-0.15, -0.1) is 0 Å². The van der Waals surface area contributed by atoms with E-state index >= 15 is 0 Å². The average Bonchev–Trinajstić information content (AvgIpc) is 2.40. The minimum atomic E-state index is 0.536. The molecule has 4 nitrogen and oxygen atoms in total. The van der Waals surface area contributed by atoms with Gasteiger partial charge in [-0.3, -0.25) is 0 Å². The van der Waals surface area contributed by atoms with Crippen LogP contribution in [0.4, 0.5) is 11.5 Å². The molecule has 64 valence electrons. The van der Waals surface area contributed by atoms with Gasteiger partial charge in [-0.05, 0) is 29.5 Å². The lowest BCUT2D eigenvalue weighted by Gasteiger charge is -1.91. The van der Waals surface area contributed by atoms with Crippen LogP contribution in [-0.2, 0) is 0 Å². The molecule has 0 saturated heterocycles. The number of anilines is 2. The van der Waals surface area contributed by atoms with E-state index < -0.39 is 0 Å². The molecular formula is C7H9IN4. The van der Waals surface area contributed by atoms with Crippen molar-refractivity contribution in [2.45, 2.75) is 6.92 Å². The number of H-pyrrole nitrogens is 2. The molecule has 0 bridgehead atoms. The maximum Gasteiger partial charge on any atom is 0.126 e. The van der Waals surface area contributed by atoms with Crippen molar-refractivity contribution in [1.29, 1.82) is 0 Å². The minimum Gasteiger partial charge on any atom is -0.395 e. The summed E-state index contributed by atoms with van der Waals surface area (Å²) < 4.78 is 1.13. The molecule has 0 aliphatic rings. The van der Waals surface area contributed by atoms with E-state index in [9.17, 15) is 0 Å². The fraction of sp³-hybridized carbons (Fsp3) is 0.143. The molecule has 0 amide bonds. The van der Waals surface area contributed by atoms with Gasteiger partial charge in [-0.1, -0.05) is 0 Å². The molecule has 12 heavy (non-hydrogen) atoms. The monoisotopic (exact) mass is 276 g/mol. The summed E-state index contributed by atoms with van der Waals surface area (Å²) in [5.41, 5.74) is 14.0. The molecule has 2 aromatic heterocycles. The average molecular weight is 276 g/mol. The van der Waals surface area contributed by atoms with Crippen molar-refractivity contribution in [3.05, 3.63) is 9.26 Å². The molecule has 0 unspecified atom stereocenters. The number of aromatic amines is 2. The molecule has 0 radical (unpaired) electrons. The van der Waals surface area contributed by atoms with Gasteiger partial charge in [0.05, 0.1) is 11.1 Å². The van der Waals surface area contributed by atoms with Crippen LogP contribution in [0.2, 0.25) is 0 Å². The van der Waals surface area contributed by atoms with Gasteiger partial charge < -0.3 is 21.4 Å². The molecule has 0 aliphatic carbocycles. The third-order valence-electron chi connectivity index (χ3n) is 1.93. The largest absolute Gasteiger partial charge is 0.395 e. The van der Waals surface area contributed by atoms with Crippen molar-refractivity contribution in [3.8, 4) is 0 Å². The van der Waals surface area contributed by atoms with E-state index in [4.69, 9.17) is 11.5 Å². The third-order valence-corrected chi connectivity index (χ3v) is 3.28. The molecule has 6 N–H and O–H groups in total. The highest BCUT2D eigenvalue weighted by atomic mass is 127. The van der Waals surface area contributed by atoms with Crippen LogP contribution in [0, 0.1) is 10.5 Å². The van der Waals surface area contributed by atoms with E-state index in [-0.39, 0.29) is 0 Å². The van der Waals surface area contributed by atoms with E-state index in [0.29, 0.717) is 11.5 Å². The Morgan fingerprint density at radius 2 is 1.92 bits per heavy atom. The molecule has 0 saturated carbocycles. The van der Waals surface area contributed by atoms with Gasteiger partial charge in [0.1, 0.15) is 11.5 Å². The first-order chi connectivity index (χ1) is 5.61. The summed E-state index contributed by atoms with van der Waals surface area (Å²) in [7, 11) is 0. The third kappa shape index (κ3) is 0.825. The molecule has 2 heterocycles. The number of halogens is 1. The van der Waals surface area contributed by atoms with E-state index in [1.54, 1.807) is 0 Å². The van der Waals surface area contributed by atoms with Crippen molar-refractivity contribution >= 4 is 45.1 Å². The maximum atomic E-state index is 5.77. The quantitative estimate of drug-likeness (QED) is 0.551. The van der Waals surface area contributed by atoms with Crippen LogP contribution in [0.5, 0.6) is 0 Å². The first-order valence-corrected chi connectivity index (χ1v) is 4.60. The van der Waals surface area contributed by atoms with Crippen LogP contribution in [0.25, 0.3) is 11.0 Å². The number of nitrogen functional groups attached to an aromatic ring is 2. The SMILES string of the molecule is Cc1[nH]c2[nH]c(N)c(N)c2c1I. The molecule has 0 atom stereocenters. The lowest BCUT2D eigenvalue weighted by Crippen LogP contribution is -1.92. The predicted octanol–water partition coefficient (Wildman–Crippen LogP) is 1.57. The number of nitrogens with two attached hydrogens (primary N) is 2. The molecule has 0 aromatic carbocycles. The Bertz CT molecular complexity index is 402. The topological polar surface area (TPSA) is 83.6 Å². The van der Waals surface area contributed by atoms with Gasteiger partial charge in [0, 0.05) is 9.26 Å². The van der Waals surface area contributed by atoms with E-state index in [0.717, 1.165) is 20.3 Å². The van der Waals surface area contributed by atoms with E-state index in [2.05, 4.69) is 32.6 Å². The second-order valence-corrected chi connectivity index (χ2v) is 3.85. The van der Waals surface area contributed by atoms with Gasteiger partial charge in [-0.2, -0.15) is 0 Å². The number of rotatable bonds is 0. The summed E-state index contributed by atoms with van der Waals surface area (Å²) in [4.78, 5) is 6.15. The first-order valence-electron chi connectivity index (χ1n) is 3.52. The van der Waals surface area contributed by atoms with Gasteiger partial charge >= 0.3 is 0 Å². The zero-order valence-electron chi connectivity index (χ0n) is 6.53. The minimum absolute atomic E-state index is 0.536. The lowest BCUT2D eigenvalue weighted by molar-refractivity contribution is 1.25. The number of hydrogen-bond donors (Lipinski definition) is 4. The number of aryl methyl sites for hydroxylation is 1. The van der Waals surface area contributed by atoms with Crippen LogP contribution in [0.15, 0.2) is 0 Å². The number of aromatic nitrogens is 2. The Morgan fingerprint density at radius 1 is 1.25 bits per heavy atom. The molecule has 0 fully saturated rings. The second-order valence-electron chi connectivity index (χ2n) is 2.77. The van der Waals surface area contributed by atoms with Crippen molar-refractivity contribution < 1.29 is 0 Å². The molecule has 5 heteroatoms. The zero-order chi connectivity index (χ0) is 8.88. The van der Waals surface area contributed by atoms with Crippen LogP contribution < -0.4 is 11.5 Å². The van der Waals surface area contributed by atoms with Gasteiger partial charge in [0.15, 0.2) is 0 Å². The number of nitrogens with one attached hydrogen (secondary N) is 2. The zero-order valence-corrected chi connectivity index (χ0v) is 8.69. The number of hydrogen-bond acceptors (Lipinski definition) is 2. The fourth-order valence-corrected chi connectivity index (χ4v) is 1.98. The van der Waals surface area contributed by atoms with Crippen molar-refractivity contribution in [2.75, 3.05) is 11.5 Å². The van der Waals surface area contributed by atoms with Crippen molar-refractivity contribution in [2.24, 2.45) is 0 Å². The van der Waals surface area contributed by atoms with Crippen LogP contribution >= 0.6 is 22.6 Å². The van der Waals surface area contributed by atoms with Gasteiger partial charge in [0.25, 0.3) is 0 Å². The standard InChI is InChI=1S/C7H9IN4/c1-2-4(8)3-5(9)6(10)12-7(3)11-2/h11-12H,9-10H2,1H3. The Kier molecular flexibility index (Phi) is 1.50. The van der Waals surface area contributed by atoms with E-state index in [1.165, 1.54) is 0 Å². The highest BCUT2D eigenvalue weighted by Crippen LogP contribution is 2.32. The molecular weight excluding hydrogens is 267 g/mol. The normalized spacial score (nSPS) is 11.2. The second kappa shape index (κ2) is 2.32. The lowest BCUT2D eigenvalue weighted by atomic mass is 10.3. The van der Waals surface area contributed by atoms with Crippen molar-refractivity contribution in [1.82, 2.24) is 9.97 Å². The highest BCUT2D eigenvalue weighted by Gasteiger charge is 2.12. The molecule has 0 aliphatic heterocycles. The van der Waals surface area contributed by atoms with Gasteiger partial charge in [0.2, 0.25) is 0 Å². The van der Waals surface area contributed by atoms with Crippen LogP contribution in [0.3, 0.4) is 0 Å². The molecule has 0 spiro atoms. The smallest absolute Gasteiger partial charge is 0.126 e. The number of fused-ring (bicyclic) bond motifs is 1. The highest BCUT2D eigenvalue weighted by molar-refractivity contribution is 14.1. The molecule has 2 rings (SSSR count). The van der Waals surface area contributed by atoms with E-state index in [1.807, 2.05) is 6.92 Å². The Morgan fingerprint density at radius 3 is 2.50 bits per heavy atom. The summed E-state index contributed by atoms with van der Waals surface area (Å²) in [6.45, 7) is 2.01. The maximum absolute atomic E-state index is 5.77. The van der Waals surface area contributed by atoms with Gasteiger partial charge in [-0.25, -0.2) is 0 Å². The fourth-order valence-electron chi connectivity index (χ4n) is 1.29. The summed E-state index contributed by atoms with van der Waals surface area (Å²) in [5, 5.41) is 1.01. The summed E-state index contributed by atoms with van der Waals surface area (Å²) in [6, 6.07) is 0. The van der Waals surface area contributed by atoms with Crippen LogP contribution in [-0.4, -0.2) is 9.97 Å². The van der Waals surface area contributed by atoms with Crippen LogP contribution in [0.1, 0.15) is 5.69 Å². The summed E-state index contributed by atoms with van der Waals surface area (Å²) in [6.07, 6.45) is 0. The Labute approximate surface area is 82.8 Å². The Balaban J connectivity index is 2.94. The summed E-state index contributed by atoms with van der Waals surface area (Å²) in [5.74, 6) is 0.536. The first kappa shape index (κ1) is 7.78. The molecule has 2 aromatic rings. The Hall–Kier alpha value is -0.850. The van der Waals surface area contributed by atoms with Crippen molar-refractivity contribution in [3.63, 3.8) is 0 Å². The summed E-state index contributed by atoms with van der Waals surface area (Å²) >= 11 is 2.25. The predicted molar refractivity (Wildman–Crippen MR) is 58.9 cm³/mol.